The Morgan fingerprint density at radius 1 is 1.09 bits per heavy atom. The highest BCUT2D eigenvalue weighted by molar-refractivity contribution is 5.99. The molecule has 1 heterocycles. The minimum atomic E-state index is -0.196. The number of benzene rings is 3. The third-order valence-corrected chi connectivity index (χ3v) is 5.21. The monoisotopic (exact) mass is 422 g/mol. The molecule has 3 aromatic carbocycles. The number of para-hydroxylation sites is 1. The zero-order chi connectivity index (χ0) is 22.3. The Balaban J connectivity index is 1.50. The molecular weight excluding hydrogens is 400 g/mol. The normalized spacial score (nSPS) is 10.9. The first kappa shape index (κ1) is 20.9. The summed E-state index contributed by atoms with van der Waals surface area (Å²) >= 11 is 0. The summed E-state index contributed by atoms with van der Waals surface area (Å²) in [6, 6.07) is 25.2. The molecular formula is C26H22N4O2. The number of carbonyl (C=O) groups is 1. The van der Waals surface area contributed by atoms with Crippen LogP contribution in [0.2, 0.25) is 0 Å². The second-order valence-corrected chi connectivity index (χ2v) is 7.32. The van der Waals surface area contributed by atoms with Gasteiger partial charge in [0.05, 0.1) is 31.4 Å². The second-order valence-electron chi connectivity index (χ2n) is 7.32. The molecule has 0 aliphatic carbocycles. The number of carbonyl (C=O) groups excluding carboxylic acids is 1. The van der Waals surface area contributed by atoms with E-state index in [1.54, 1.807) is 13.3 Å². The Kier molecular flexibility index (Phi) is 6.28. The zero-order valence-corrected chi connectivity index (χ0v) is 17.7. The number of amides is 1. The maximum absolute atomic E-state index is 12.2. The number of hydrazone groups is 1. The number of fused-ring (bicyclic) bond motifs is 1. The minimum Gasteiger partial charge on any atom is -0.497 e. The standard InChI is InChI=1S/C26H22N4O2/c1-32-23-12-10-19(11-13-23)14-26(31)29-28-16-22-18-30(25-9-5-4-8-24(22)25)17-21-7-3-2-6-20(21)15-27/h2-13,16,18H,14,17H2,1H3,(H,29,31)/b28-16-. The van der Waals surface area contributed by atoms with Gasteiger partial charge in [0.25, 0.3) is 0 Å². The SMILES string of the molecule is COc1ccc(CC(=O)N/N=C\c2cn(Cc3ccccc3C#N)c3ccccc23)cc1. The second kappa shape index (κ2) is 9.63. The molecule has 0 saturated carbocycles. The van der Waals surface area contributed by atoms with Crippen molar-refractivity contribution in [1.29, 1.82) is 5.26 Å². The van der Waals surface area contributed by atoms with E-state index in [-0.39, 0.29) is 12.3 Å². The average Bonchev–Trinajstić information content (AvgIpc) is 3.17. The van der Waals surface area contributed by atoms with Gasteiger partial charge in [-0.25, -0.2) is 5.43 Å². The third kappa shape index (κ3) is 4.68. The van der Waals surface area contributed by atoms with Gasteiger partial charge in [0.1, 0.15) is 5.75 Å². The highest BCUT2D eigenvalue weighted by atomic mass is 16.5. The van der Waals surface area contributed by atoms with Crippen molar-refractivity contribution in [2.75, 3.05) is 7.11 Å². The van der Waals surface area contributed by atoms with Crippen molar-refractivity contribution in [3.63, 3.8) is 0 Å². The van der Waals surface area contributed by atoms with Crippen LogP contribution in [0.25, 0.3) is 10.9 Å². The van der Waals surface area contributed by atoms with Gasteiger partial charge >= 0.3 is 0 Å². The van der Waals surface area contributed by atoms with E-state index in [4.69, 9.17) is 4.74 Å². The molecule has 0 spiro atoms. The molecule has 1 N–H and O–H groups in total. The van der Waals surface area contributed by atoms with E-state index < -0.39 is 0 Å². The summed E-state index contributed by atoms with van der Waals surface area (Å²) in [5.41, 5.74) is 7.01. The maximum Gasteiger partial charge on any atom is 0.244 e. The molecule has 6 nitrogen and oxygen atoms in total. The number of methoxy groups -OCH3 is 1. The molecule has 0 atom stereocenters. The number of hydrogen-bond donors (Lipinski definition) is 1. The quantitative estimate of drug-likeness (QED) is 0.357. The van der Waals surface area contributed by atoms with Crippen molar-refractivity contribution in [2.24, 2.45) is 5.10 Å². The van der Waals surface area contributed by atoms with Crippen molar-refractivity contribution in [3.05, 3.63) is 101 Å². The number of hydrogen-bond acceptors (Lipinski definition) is 4. The topological polar surface area (TPSA) is 79.4 Å². The molecule has 4 rings (SSSR count). The van der Waals surface area contributed by atoms with Gasteiger partial charge in [-0.1, -0.05) is 48.5 Å². The average molecular weight is 422 g/mol. The molecule has 6 heteroatoms. The summed E-state index contributed by atoms with van der Waals surface area (Å²) < 4.78 is 7.22. The van der Waals surface area contributed by atoms with Crippen molar-refractivity contribution < 1.29 is 9.53 Å². The molecule has 0 aliphatic rings. The molecule has 0 unspecified atom stereocenters. The van der Waals surface area contributed by atoms with Gasteiger partial charge in [0.2, 0.25) is 5.91 Å². The molecule has 0 fully saturated rings. The molecule has 32 heavy (non-hydrogen) atoms. The van der Waals surface area contributed by atoms with Gasteiger partial charge in [-0.15, -0.1) is 0 Å². The van der Waals surface area contributed by atoms with Crippen LogP contribution in [0.4, 0.5) is 0 Å². The van der Waals surface area contributed by atoms with Crippen LogP contribution in [0.3, 0.4) is 0 Å². The van der Waals surface area contributed by atoms with Gasteiger partial charge in [0.15, 0.2) is 0 Å². The van der Waals surface area contributed by atoms with Crippen LogP contribution < -0.4 is 10.2 Å². The van der Waals surface area contributed by atoms with Crippen LogP contribution in [0.5, 0.6) is 5.75 Å². The number of nitriles is 1. The van der Waals surface area contributed by atoms with E-state index in [0.717, 1.165) is 33.3 Å². The predicted octanol–water partition coefficient (Wildman–Crippen LogP) is 4.26. The van der Waals surface area contributed by atoms with Gasteiger partial charge in [-0.05, 0) is 35.4 Å². The molecule has 158 valence electrons. The van der Waals surface area contributed by atoms with Gasteiger partial charge in [-0.2, -0.15) is 10.4 Å². The lowest BCUT2D eigenvalue weighted by atomic mass is 10.1. The summed E-state index contributed by atoms with van der Waals surface area (Å²) in [6.45, 7) is 0.571. The highest BCUT2D eigenvalue weighted by Crippen LogP contribution is 2.22. The van der Waals surface area contributed by atoms with Crippen LogP contribution in [0, 0.1) is 11.3 Å². The Hall–Kier alpha value is -4.37. The van der Waals surface area contributed by atoms with Crippen molar-refractivity contribution in [2.45, 2.75) is 13.0 Å². The fraction of sp³-hybridized carbons (Fsp3) is 0.115. The minimum absolute atomic E-state index is 0.196. The van der Waals surface area contributed by atoms with Gasteiger partial charge in [0, 0.05) is 29.2 Å². The van der Waals surface area contributed by atoms with E-state index in [2.05, 4.69) is 21.2 Å². The van der Waals surface area contributed by atoms with Crippen LogP contribution in [-0.4, -0.2) is 23.8 Å². The van der Waals surface area contributed by atoms with Crippen LogP contribution in [-0.2, 0) is 17.8 Å². The fourth-order valence-electron chi connectivity index (χ4n) is 3.60. The van der Waals surface area contributed by atoms with Gasteiger partial charge in [-0.3, -0.25) is 4.79 Å². The first-order valence-electron chi connectivity index (χ1n) is 10.2. The summed E-state index contributed by atoms with van der Waals surface area (Å²) in [4.78, 5) is 12.2. The van der Waals surface area contributed by atoms with E-state index in [1.807, 2.05) is 79.0 Å². The molecule has 0 saturated heterocycles. The number of aromatic nitrogens is 1. The smallest absolute Gasteiger partial charge is 0.244 e. The van der Waals surface area contributed by atoms with E-state index in [9.17, 15) is 10.1 Å². The predicted molar refractivity (Wildman–Crippen MR) is 125 cm³/mol. The zero-order valence-electron chi connectivity index (χ0n) is 17.7. The van der Waals surface area contributed by atoms with Crippen molar-refractivity contribution in [3.8, 4) is 11.8 Å². The summed E-state index contributed by atoms with van der Waals surface area (Å²) in [5.74, 6) is 0.555. The van der Waals surface area contributed by atoms with E-state index in [1.165, 1.54) is 0 Å². The lowest BCUT2D eigenvalue weighted by Crippen LogP contribution is -2.19. The molecule has 1 aromatic heterocycles. The number of nitrogens with one attached hydrogen (secondary N) is 1. The largest absolute Gasteiger partial charge is 0.497 e. The van der Waals surface area contributed by atoms with Crippen LogP contribution in [0.15, 0.2) is 84.1 Å². The molecule has 0 bridgehead atoms. The summed E-state index contributed by atoms with van der Waals surface area (Å²) in [5, 5.41) is 14.6. The Bertz CT molecular complexity index is 1310. The Labute approximate surface area is 186 Å². The summed E-state index contributed by atoms with van der Waals surface area (Å²) in [7, 11) is 1.61. The lowest BCUT2D eigenvalue weighted by molar-refractivity contribution is -0.120. The summed E-state index contributed by atoms with van der Waals surface area (Å²) in [6.07, 6.45) is 3.87. The molecule has 0 radical (unpaired) electrons. The molecule has 1 amide bonds. The molecule has 0 aliphatic heterocycles. The Morgan fingerprint density at radius 3 is 2.62 bits per heavy atom. The van der Waals surface area contributed by atoms with E-state index >= 15 is 0 Å². The highest BCUT2D eigenvalue weighted by Gasteiger charge is 2.09. The first-order chi connectivity index (χ1) is 15.7. The first-order valence-corrected chi connectivity index (χ1v) is 10.2. The molecule has 4 aromatic rings. The third-order valence-electron chi connectivity index (χ3n) is 5.21. The van der Waals surface area contributed by atoms with Gasteiger partial charge < -0.3 is 9.30 Å². The van der Waals surface area contributed by atoms with Crippen molar-refractivity contribution in [1.82, 2.24) is 9.99 Å². The fourth-order valence-corrected chi connectivity index (χ4v) is 3.60. The maximum atomic E-state index is 12.2. The van der Waals surface area contributed by atoms with E-state index in [0.29, 0.717) is 12.1 Å². The number of nitrogens with zero attached hydrogens (tertiary/aromatic N) is 3. The number of ether oxygens (including phenoxy) is 1. The lowest BCUT2D eigenvalue weighted by Gasteiger charge is -2.07. The van der Waals surface area contributed by atoms with Crippen molar-refractivity contribution >= 4 is 23.0 Å². The number of rotatable bonds is 7. The van der Waals surface area contributed by atoms with Crippen LogP contribution >= 0.6 is 0 Å². The Morgan fingerprint density at radius 2 is 1.84 bits per heavy atom. The van der Waals surface area contributed by atoms with Crippen LogP contribution in [0.1, 0.15) is 22.3 Å².